The Kier molecular flexibility index (Phi) is 32.0. The van der Waals surface area contributed by atoms with E-state index in [0.717, 1.165) is 39.5 Å². The molecule has 11 amide bonds. The molecule has 23 N–H and O–H groups in total. The molecule has 0 aromatic carbocycles. The third-order valence-corrected chi connectivity index (χ3v) is 11.7. The summed E-state index contributed by atoms with van der Waals surface area (Å²) in [5, 5.41) is 67.5. The Labute approximate surface area is 435 Å². The van der Waals surface area contributed by atoms with Crippen molar-refractivity contribution >= 4 is 65.0 Å². The lowest BCUT2D eigenvalue weighted by Crippen LogP contribution is -2.61. The summed E-state index contributed by atoms with van der Waals surface area (Å²) in [5.41, 5.74) is 22.9. The number of carbonyl (C=O) groups is 11. The summed E-state index contributed by atoms with van der Waals surface area (Å²) in [4.78, 5) is 148. The van der Waals surface area contributed by atoms with E-state index >= 15 is 0 Å². The van der Waals surface area contributed by atoms with E-state index in [2.05, 4.69) is 65.4 Å². The van der Waals surface area contributed by atoms with E-state index in [1.807, 2.05) is 0 Å². The van der Waals surface area contributed by atoms with Crippen LogP contribution < -0.4 is 81.4 Å². The van der Waals surface area contributed by atoms with E-state index in [1.54, 1.807) is 0 Å². The van der Waals surface area contributed by atoms with E-state index in [0.29, 0.717) is 6.42 Å². The second kappa shape index (κ2) is 35.9. The summed E-state index contributed by atoms with van der Waals surface area (Å²) in [6.07, 6.45) is -1.60. The van der Waals surface area contributed by atoms with Crippen LogP contribution in [0.5, 0.6) is 0 Å². The SMILES string of the molecule is CCCCCCCC(=O)N[C@@H](CCN)C(=O)N[C@H](C(=O)N[C@@H](CCN)C(=O)N[C@H]1CCNC(=O)[C@H]([C@@H](C)O)NC(=O)[C@H](CCN)NC(=O)[C@H](CO)NC(=O)[C@H]([C@@H](C)O)NC(=O)CNC(=O)[C@H](CCN)NC1=O)[C@@H](C)O. The van der Waals surface area contributed by atoms with Gasteiger partial charge in [0.05, 0.1) is 31.5 Å². The van der Waals surface area contributed by atoms with Gasteiger partial charge in [-0.15, -0.1) is 0 Å². The van der Waals surface area contributed by atoms with Crippen LogP contribution in [0.15, 0.2) is 0 Å². The van der Waals surface area contributed by atoms with Gasteiger partial charge < -0.3 is 102 Å². The van der Waals surface area contributed by atoms with Crippen molar-refractivity contribution < 1.29 is 73.2 Å². The topological polar surface area (TPSA) is 505 Å². The molecule has 0 aliphatic carbocycles. The van der Waals surface area contributed by atoms with Crippen molar-refractivity contribution in [2.75, 3.05) is 45.9 Å². The summed E-state index contributed by atoms with van der Waals surface area (Å²) in [6, 6.07) is -14.4. The molecular weight excluding hydrogens is 991 g/mol. The zero-order chi connectivity index (χ0) is 56.8. The first-order valence-electron chi connectivity index (χ1n) is 25.2. The minimum Gasteiger partial charge on any atom is -0.394 e. The molecule has 1 aliphatic rings. The van der Waals surface area contributed by atoms with Crippen molar-refractivity contribution in [2.45, 2.75) is 171 Å². The first-order chi connectivity index (χ1) is 35.5. The maximum absolute atomic E-state index is 14.1. The molecule has 30 nitrogen and oxygen atoms in total. The highest BCUT2D eigenvalue weighted by molar-refractivity contribution is 5.98. The monoisotopic (exact) mass is 1070 g/mol. The largest absolute Gasteiger partial charge is 0.394 e. The van der Waals surface area contributed by atoms with Gasteiger partial charge in [0.1, 0.15) is 54.4 Å². The molecule has 1 aliphatic heterocycles. The Hall–Kier alpha value is -6.15. The Morgan fingerprint density at radius 2 is 1.12 bits per heavy atom. The molecule has 0 aromatic rings. The standard InChI is InChI=1S/C45H83N15O15/c1-5-6-7-8-9-10-32(65)52-27(12-17-47)40(70)60-36(25(4)64)45(75)56-28(13-18-48)38(68)55-30-15-20-50-43(73)34(23(2)62)59-41(71)29(14-19-49)54-42(72)31(22-61)57-44(74)35(24(3)63)58-33(66)21-51-37(67)26(11-16-46)53-39(30)69/h23-31,34-36,61-64H,5-22,46-49H2,1-4H3,(H,50,73)(H,51,67)(H,52,65)(H,53,69)(H,54,72)(H,55,68)(H,56,75)(H,57,74)(H,58,66)(H,59,71)(H,60,70)/t23-,24-,25-,26+,27+,28+,29+,30+,31+,34+,35+,36+/m1/s1. The smallest absolute Gasteiger partial charge is 0.245 e. The average molecular weight is 1070 g/mol. The molecule has 0 aromatic heterocycles. The summed E-state index contributed by atoms with van der Waals surface area (Å²) < 4.78 is 0. The van der Waals surface area contributed by atoms with Crippen LogP contribution in [0.3, 0.4) is 0 Å². The number of aliphatic hydroxyl groups excluding tert-OH is 4. The van der Waals surface area contributed by atoms with Crippen LogP contribution in [0, 0.1) is 0 Å². The molecule has 0 bridgehead atoms. The molecule has 1 rings (SSSR count). The van der Waals surface area contributed by atoms with Crippen molar-refractivity contribution in [2.24, 2.45) is 22.9 Å². The number of nitrogens with one attached hydrogen (secondary N) is 11. The summed E-state index contributed by atoms with van der Waals surface area (Å²) >= 11 is 0. The molecular formula is C45H83N15O15. The third-order valence-electron chi connectivity index (χ3n) is 11.7. The summed E-state index contributed by atoms with van der Waals surface area (Å²) in [5.74, 6) is -10.9. The second-order valence-electron chi connectivity index (χ2n) is 18.1. The van der Waals surface area contributed by atoms with E-state index in [9.17, 15) is 73.2 Å². The number of hydrogen-bond donors (Lipinski definition) is 19. The Morgan fingerprint density at radius 1 is 0.587 bits per heavy atom. The lowest BCUT2D eigenvalue weighted by atomic mass is 10.1. The minimum atomic E-state index is -1.78. The van der Waals surface area contributed by atoms with Crippen LogP contribution in [-0.2, 0) is 52.7 Å². The number of carbonyl (C=O) groups excluding carboxylic acids is 11. The lowest BCUT2D eigenvalue weighted by molar-refractivity contribution is -0.137. The molecule has 1 fully saturated rings. The Morgan fingerprint density at radius 3 is 1.67 bits per heavy atom. The predicted octanol–water partition coefficient (Wildman–Crippen LogP) is -9.12. The maximum Gasteiger partial charge on any atom is 0.245 e. The highest BCUT2D eigenvalue weighted by atomic mass is 16.3. The molecule has 0 unspecified atom stereocenters. The molecule has 0 radical (unpaired) electrons. The van der Waals surface area contributed by atoms with Gasteiger partial charge in [-0.25, -0.2) is 0 Å². The van der Waals surface area contributed by atoms with Crippen molar-refractivity contribution in [1.82, 2.24) is 58.5 Å². The number of hydrogen-bond acceptors (Lipinski definition) is 19. The second-order valence-corrected chi connectivity index (χ2v) is 18.1. The molecule has 30 heteroatoms. The molecule has 1 saturated heterocycles. The van der Waals surface area contributed by atoms with Crippen LogP contribution in [0.25, 0.3) is 0 Å². The zero-order valence-corrected chi connectivity index (χ0v) is 43.2. The fraction of sp³-hybridized carbons (Fsp3) is 0.756. The van der Waals surface area contributed by atoms with E-state index in [4.69, 9.17) is 22.9 Å². The number of unbranched alkanes of at least 4 members (excludes halogenated alkanes) is 4. The van der Waals surface area contributed by atoms with Crippen LogP contribution in [0.2, 0.25) is 0 Å². The van der Waals surface area contributed by atoms with Gasteiger partial charge in [-0.2, -0.15) is 0 Å². The van der Waals surface area contributed by atoms with Gasteiger partial charge in [-0.1, -0.05) is 32.6 Å². The van der Waals surface area contributed by atoms with Crippen LogP contribution in [-0.4, -0.2) is 204 Å². The maximum atomic E-state index is 14.1. The molecule has 0 spiro atoms. The van der Waals surface area contributed by atoms with Crippen LogP contribution in [0.4, 0.5) is 0 Å². The van der Waals surface area contributed by atoms with Gasteiger partial charge in [0, 0.05) is 13.0 Å². The van der Waals surface area contributed by atoms with E-state index < -0.39 is 164 Å². The fourth-order valence-corrected chi connectivity index (χ4v) is 7.39. The van der Waals surface area contributed by atoms with Gasteiger partial charge in [-0.05, 0) is 85.5 Å². The molecule has 1 heterocycles. The van der Waals surface area contributed by atoms with E-state index in [-0.39, 0.29) is 58.3 Å². The van der Waals surface area contributed by atoms with Crippen molar-refractivity contribution in [3.63, 3.8) is 0 Å². The quantitative estimate of drug-likeness (QED) is 0.0378. The molecule has 428 valence electrons. The number of nitrogens with two attached hydrogens (primary N) is 4. The van der Waals surface area contributed by atoms with Gasteiger partial charge >= 0.3 is 0 Å². The zero-order valence-electron chi connectivity index (χ0n) is 43.2. The fourth-order valence-electron chi connectivity index (χ4n) is 7.39. The van der Waals surface area contributed by atoms with Gasteiger partial charge in [0.25, 0.3) is 0 Å². The van der Waals surface area contributed by atoms with Crippen molar-refractivity contribution in [3.8, 4) is 0 Å². The average Bonchev–Trinajstić information content (AvgIpc) is 3.35. The van der Waals surface area contributed by atoms with Gasteiger partial charge in [-0.3, -0.25) is 52.7 Å². The number of rotatable bonds is 25. The third kappa shape index (κ3) is 24.4. The summed E-state index contributed by atoms with van der Waals surface area (Å²) in [7, 11) is 0. The Balaban J connectivity index is 3.62. The van der Waals surface area contributed by atoms with Gasteiger partial charge in [0.2, 0.25) is 65.0 Å². The Bertz CT molecular complexity index is 1900. The first-order valence-corrected chi connectivity index (χ1v) is 25.2. The highest BCUT2D eigenvalue weighted by Gasteiger charge is 2.37. The molecule has 0 saturated carbocycles. The predicted molar refractivity (Wildman–Crippen MR) is 268 cm³/mol. The number of aliphatic hydroxyl groups is 4. The van der Waals surface area contributed by atoms with Crippen LogP contribution >= 0.6 is 0 Å². The normalized spacial score (nSPS) is 23.3. The highest BCUT2D eigenvalue weighted by Crippen LogP contribution is 2.08. The number of amides is 11. The molecule has 75 heavy (non-hydrogen) atoms. The molecule has 12 atom stereocenters. The van der Waals surface area contributed by atoms with Crippen molar-refractivity contribution in [3.05, 3.63) is 0 Å². The lowest BCUT2D eigenvalue weighted by Gasteiger charge is -2.28. The first kappa shape index (κ1) is 66.9. The van der Waals surface area contributed by atoms with Crippen molar-refractivity contribution in [1.29, 1.82) is 0 Å². The van der Waals surface area contributed by atoms with E-state index in [1.165, 1.54) is 6.92 Å². The van der Waals surface area contributed by atoms with Crippen LogP contribution in [0.1, 0.15) is 98.3 Å². The van der Waals surface area contributed by atoms with Gasteiger partial charge in [0.15, 0.2) is 0 Å². The summed E-state index contributed by atoms with van der Waals surface area (Å²) in [6.45, 7) is 2.43. The minimum absolute atomic E-state index is 0.0209.